The van der Waals surface area contributed by atoms with Gasteiger partial charge in [0.2, 0.25) is 0 Å². The molecule has 0 saturated heterocycles. The third-order valence-electron chi connectivity index (χ3n) is 5.12. The van der Waals surface area contributed by atoms with Gasteiger partial charge >= 0.3 is 0 Å². The van der Waals surface area contributed by atoms with E-state index in [1.165, 1.54) is 32.1 Å². The monoisotopic (exact) mass is 225 g/mol. The first-order chi connectivity index (χ1) is 7.49. The van der Waals surface area contributed by atoms with Crippen LogP contribution in [0.3, 0.4) is 0 Å². The van der Waals surface area contributed by atoms with Crippen LogP contribution in [0.4, 0.5) is 0 Å². The van der Waals surface area contributed by atoms with Gasteiger partial charge in [-0.05, 0) is 49.9 Å². The lowest BCUT2D eigenvalue weighted by Gasteiger charge is -2.49. The maximum Gasteiger partial charge on any atom is 0.0831 e. The van der Waals surface area contributed by atoms with Gasteiger partial charge in [0, 0.05) is 13.2 Å². The lowest BCUT2D eigenvalue weighted by atomic mass is 9.64. The molecule has 0 radical (unpaired) electrons. The molecule has 1 unspecified atom stereocenters. The van der Waals surface area contributed by atoms with Crippen LogP contribution < -0.4 is 5.73 Å². The molecule has 0 amide bonds. The average molecular weight is 225 g/mol. The van der Waals surface area contributed by atoms with Crippen LogP contribution in [0.2, 0.25) is 0 Å². The first-order valence-electron chi connectivity index (χ1n) is 6.80. The van der Waals surface area contributed by atoms with Crippen molar-refractivity contribution in [2.24, 2.45) is 17.1 Å². The molecule has 2 nitrogen and oxygen atoms in total. The first kappa shape index (κ1) is 12.4. The van der Waals surface area contributed by atoms with Gasteiger partial charge in [-0.3, -0.25) is 0 Å². The van der Waals surface area contributed by atoms with Crippen molar-refractivity contribution in [2.45, 2.75) is 70.4 Å². The average Bonchev–Trinajstić information content (AvgIpc) is 2.16. The standard InChI is InChI=1S/C14H27NO/c1-13(2)7-9-14(16-3,10-8-13)12(15)11-5-4-6-11/h11-12H,4-10,15H2,1-3H3. The predicted octanol–water partition coefficient (Wildman–Crippen LogP) is 3.10. The lowest BCUT2D eigenvalue weighted by Crippen LogP contribution is -2.57. The Morgan fingerprint density at radius 1 is 1.12 bits per heavy atom. The van der Waals surface area contributed by atoms with Crippen LogP contribution in [0.15, 0.2) is 0 Å². The van der Waals surface area contributed by atoms with E-state index in [1.807, 2.05) is 7.11 Å². The normalized spacial score (nSPS) is 30.8. The summed E-state index contributed by atoms with van der Waals surface area (Å²) in [5, 5.41) is 0. The number of ether oxygens (including phenoxy) is 1. The SMILES string of the molecule is COC1(C(N)C2CCC2)CCC(C)(C)CC1. The molecule has 0 aromatic heterocycles. The van der Waals surface area contributed by atoms with Crippen LogP contribution in [-0.4, -0.2) is 18.8 Å². The summed E-state index contributed by atoms with van der Waals surface area (Å²) in [5.41, 5.74) is 6.94. The second-order valence-corrected chi connectivity index (χ2v) is 6.65. The number of rotatable bonds is 3. The second kappa shape index (κ2) is 4.30. The summed E-state index contributed by atoms with van der Waals surface area (Å²) in [6.45, 7) is 4.73. The Bertz CT molecular complexity index is 235. The van der Waals surface area contributed by atoms with E-state index in [9.17, 15) is 0 Å². The molecule has 0 heterocycles. The molecule has 1 atom stereocenters. The molecule has 2 fully saturated rings. The van der Waals surface area contributed by atoms with Crippen LogP contribution in [0.5, 0.6) is 0 Å². The molecule has 0 aromatic rings. The van der Waals surface area contributed by atoms with Crippen LogP contribution in [0.25, 0.3) is 0 Å². The van der Waals surface area contributed by atoms with Crippen molar-refractivity contribution in [1.82, 2.24) is 0 Å². The zero-order valence-electron chi connectivity index (χ0n) is 11.1. The summed E-state index contributed by atoms with van der Waals surface area (Å²) in [5.74, 6) is 0.723. The highest BCUT2D eigenvalue weighted by molar-refractivity contribution is 5.01. The van der Waals surface area contributed by atoms with Crippen LogP contribution in [0.1, 0.15) is 58.8 Å². The van der Waals surface area contributed by atoms with Gasteiger partial charge in [0.15, 0.2) is 0 Å². The fraction of sp³-hybridized carbons (Fsp3) is 1.00. The van der Waals surface area contributed by atoms with Gasteiger partial charge in [0.25, 0.3) is 0 Å². The summed E-state index contributed by atoms with van der Waals surface area (Å²) in [4.78, 5) is 0. The Morgan fingerprint density at radius 3 is 2.06 bits per heavy atom. The maximum atomic E-state index is 6.46. The highest BCUT2D eigenvalue weighted by Crippen LogP contribution is 2.46. The molecule has 2 aliphatic carbocycles. The van der Waals surface area contributed by atoms with E-state index in [4.69, 9.17) is 10.5 Å². The Hall–Kier alpha value is -0.0800. The minimum Gasteiger partial charge on any atom is -0.377 e. The number of hydrogen-bond donors (Lipinski definition) is 1. The van der Waals surface area contributed by atoms with E-state index < -0.39 is 0 Å². The summed E-state index contributed by atoms with van der Waals surface area (Å²) in [7, 11) is 1.86. The van der Waals surface area contributed by atoms with Crippen molar-refractivity contribution < 1.29 is 4.74 Å². The minimum absolute atomic E-state index is 0.0133. The Balaban J connectivity index is 2.02. The van der Waals surface area contributed by atoms with Crippen molar-refractivity contribution in [1.29, 1.82) is 0 Å². The molecule has 2 N–H and O–H groups in total. The van der Waals surface area contributed by atoms with Gasteiger partial charge in [-0.2, -0.15) is 0 Å². The summed E-state index contributed by atoms with van der Waals surface area (Å²) < 4.78 is 5.87. The first-order valence-corrected chi connectivity index (χ1v) is 6.80. The summed E-state index contributed by atoms with van der Waals surface area (Å²) in [6, 6.07) is 0.266. The third-order valence-corrected chi connectivity index (χ3v) is 5.12. The fourth-order valence-corrected chi connectivity index (χ4v) is 3.25. The Labute approximate surface area is 99.9 Å². The van der Waals surface area contributed by atoms with Crippen LogP contribution in [-0.2, 0) is 4.74 Å². The number of methoxy groups -OCH3 is 1. The van der Waals surface area contributed by atoms with Crippen molar-refractivity contribution in [3.05, 3.63) is 0 Å². The quantitative estimate of drug-likeness (QED) is 0.801. The Morgan fingerprint density at radius 2 is 1.69 bits per heavy atom. The predicted molar refractivity (Wildman–Crippen MR) is 67.3 cm³/mol. The van der Waals surface area contributed by atoms with Gasteiger partial charge in [0.05, 0.1) is 5.60 Å². The molecule has 2 saturated carbocycles. The molecule has 2 aliphatic rings. The highest BCUT2D eigenvalue weighted by atomic mass is 16.5. The number of nitrogens with two attached hydrogens (primary N) is 1. The molecule has 0 spiro atoms. The van der Waals surface area contributed by atoms with Crippen molar-refractivity contribution in [2.75, 3.05) is 7.11 Å². The molecule has 16 heavy (non-hydrogen) atoms. The van der Waals surface area contributed by atoms with Crippen molar-refractivity contribution in [3.8, 4) is 0 Å². The molecular formula is C14H27NO. The van der Waals surface area contributed by atoms with Gasteiger partial charge in [-0.15, -0.1) is 0 Å². The fourth-order valence-electron chi connectivity index (χ4n) is 3.25. The van der Waals surface area contributed by atoms with Gasteiger partial charge in [0.1, 0.15) is 0 Å². The van der Waals surface area contributed by atoms with Crippen LogP contribution >= 0.6 is 0 Å². The van der Waals surface area contributed by atoms with Crippen molar-refractivity contribution >= 4 is 0 Å². The largest absolute Gasteiger partial charge is 0.377 e. The Kier molecular flexibility index (Phi) is 3.33. The van der Waals surface area contributed by atoms with E-state index >= 15 is 0 Å². The topological polar surface area (TPSA) is 35.2 Å². The molecule has 0 aromatic carbocycles. The molecule has 0 aliphatic heterocycles. The van der Waals surface area contributed by atoms with Gasteiger partial charge in [-0.1, -0.05) is 20.3 Å². The lowest BCUT2D eigenvalue weighted by molar-refractivity contribution is -0.0966. The molecule has 2 heteroatoms. The smallest absolute Gasteiger partial charge is 0.0831 e. The van der Waals surface area contributed by atoms with Gasteiger partial charge < -0.3 is 10.5 Å². The minimum atomic E-state index is -0.0133. The summed E-state index contributed by atoms with van der Waals surface area (Å²) in [6.07, 6.45) is 8.79. The van der Waals surface area contributed by atoms with Crippen LogP contribution in [0, 0.1) is 11.3 Å². The molecule has 0 bridgehead atoms. The second-order valence-electron chi connectivity index (χ2n) is 6.65. The third kappa shape index (κ3) is 2.14. The number of hydrogen-bond acceptors (Lipinski definition) is 2. The molecule has 2 rings (SSSR count). The van der Waals surface area contributed by atoms with E-state index in [0.29, 0.717) is 5.41 Å². The highest BCUT2D eigenvalue weighted by Gasteiger charge is 2.46. The van der Waals surface area contributed by atoms with E-state index in [0.717, 1.165) is 18.8 Å². The summed E-state index contributed by atoms with van der Waals surface area (Å²) >= 11 is 0. The van der Waals surface area contributed by atoms with E-state index in [1.54, 1.807) is 0 Å². The van der Waals surface area contributed by atoms with E-state index in [2.05, 4.69) is 13.8 Å². The van der Waals surface area contributed by atoms with Crippen molar-refractivity contribution in [3.63, 3.8) is 0 Å². The van der Waals surface area contributed by atoms with E-state index in [-0.39, 0.29) is 11.6 Å². The molecular weight excluding hydrogens is 198 g/mol. The maximum absolute atomic E-state index is 6.46. The zero-order chi connectivity index (χ0) is 11.8. The zero-order valence-corrected chi connectivity index (χ0v) is 11.1. The molecule has 94 valence electrons. The van der Waals surface area contributed by atoms with Gasteiger partial charge in [-0.25, -0.2) is 0 Å².